The summed E-state index contributed by atoms with van der Waals surface area (Å²) in [6, 6.07) is 17.4. The summed E-state index contributed by atoms with van der Waals surface area (Å²) in [5.41, 5.74) is 6.56. The molecule has 18 nitrogen and oxygen atoms in total. The summed E-state index contributed by atoms with van der Waals surface area (Å²) in [5.74, 6) is 2.04. The Labute approximate surface area is 404 Å². The number of H-pyrrole nitrogens is 2. The third kappa shape index (κ3) is 9.15. The lowest BCUT2D eigenvalue weighted by atomic mass is 10.0. The first-order chi connectivity index (χ1) is 33.7. The normalized spacial score (nSPS) is 20.0. The Bertz CT molecular complexity index is 2870. The molecule has 0 saturated carbocycles. The fourth-order valence-electron chi connectivity index (χ4n) is 9.96. The predicted octanol–water partition coefficient (Wildman–Crippen LogP) is 7.24. The minimum atomic E-state index is -1.36. The monoisotopic (exact) mass is 961 g/mol. The second kappa shape index (κ2) is 19.8. The molecule has 3 amide bonds. The van der Waals surface area contributed by atoms with Gasteiger partial charge in [-0.3, -0.25) is 14.9 Å². The number of alkyl halides is 1. The van der Waals surface area contributed by atoms with E-state index in [4.69, 9.17) is 28.7 Å². The number of ether oxygens (including phenoxy) is 5. The van der Waals surface area contributed by atoms with Crippen LogP contribution in [-0.4, -0.2) is 124 Å². The number of methoxy groups -OCH3 is 4. The van der Waals surface area contributed by atoms with Crippen LogP contribution in [0.1, 0.15) is 82.5 Å². The molecule has 0 spiro atoms. The molecule has 2 fully saturated rings. The Balaban J connectivity index is 1.04. The van der Waals surface area contributed by atoms with Crippen LogP contribution >= 0.6 is 0 Å². The Hall–Kier alpha value is -6.96. The number of aliphatic hydroxyl groups is 1. The lowest BCUT2D eigenvalue weighted by Gasteiger charge is -2.31. The Kier molecular flexibility index (Phi) is 13.6. The number of hydrogen-bond donors (Lipinski definition) is 5. The van der Waals surface area contributed by atoms with E-state index in [1.54, 1.807) is 31.5 Å². The zero-order chi connectivity index (χ0) is 49.5. The standard InChI is InChI=1S/C51H60FN9O9/c1-26(2)43(57-50(64)68-7)47(62)59-15-9-10-39(59)45-53-24-37(55-45)29-11-13-35-40-19-30-16-28(12-14-38(30)61(40)49(70-42(35)20-29)31-17-33(66-5)22-34(18-31)67-6)36-23-54-46(56-36)41-21-32(52)25-60(41)48(63)44(27(3)4)58-51(65)69-8/h11-14,16-20,22-24,26-27,32,39,41,43-44,49,51,58,65H,9-10,15,21,25H2,1-8H3,(H,53,55)(H,54,56)(H,57,64). The smallest absolute Gasteiger partial charge is 0.407 e. The SMILES string of the molecule is COC(=O)NC(C(=O)N1CCCC1c1ncc(-c2ccc3c(c2)OC(c2cc(OC)cc(OC)c2)n2c-3cc3cc(-c4cnc(C5CC(F)CN5C(=O)C(NC(O)OC)C(C)C)[nH]4)ccc32)[nH]1)C(C)C. The van der Waals surface area contributed by atoms with E-state index >= 15 is 4.39 Å². The second-order valence-electron chi connectivity index (χ2n) is 18.7. The lowest BCUT2D eigenvalue weighted by molar-refractivity contribution is -0.145. The maximum atomic E-state index is 15.1. The molecule has 7 unspecified atom stereocenters. The first-order valence-electron chi connectivity index (χ1n) is 23.6. The molecule has 0 aliphatic carbocycles. The largest absolute Gasteiger partial charge is 0.497 e. The number of aromatic nitrogens is 5. The molecule has 3 aliphatic heterocycles. The number of alkyl carbamates (subject to hydrolysis) is 1. The second-order valence-corrected chi connectivity index (χ2v) is 18.7. The van der Waals surface area contributed by atoms with E-state index in [2.05, 4.69) is 42.3 Å². The van der Waals surface area contributed by atoms with Crippen LogP contribution in [0.2, 0.25) is 0 Å². The van der Waals surface area contributed by atoms with Crippen molar-refractivity contribution in [2.45, 2.75) is 89.9 Å². The number of carbonyl (C=O) groups excluding carboxylic acids is 3. The first-order valence-corrected chi connectivity index (χ1v) is 23.6. The maximum absolute atomic E-state index is 15.1. The van der Waals surface area contributed by atoms with Gasteiger partial charge in [0, 0.05) is 53.8 Å². The molecule has 2 saturated heterocycles. The van der Waals surface area contributed by atoms with Gasteiger partial charge in [0.15, 0.2) is 0 Å². The molecule has 7 atom stereocenters. The van der Waals surface area contributed by atoms with E-state index in [1.807, 2.05) is 76.2 Å². The van der Waals surface area contributed by atoms with Crippen molar-refractivity contribution in [3.63, 3.8) is 0 Å². The van der Waals surface area contributed by atoms with Crippen molar-refractivity contribution in [2.24, 2.45) is 11.8 Å². The van der Waals surface area contributed by atoms with Crippen LogP contribution in [0.15, 0.2) is 73.1 Å². The van der Waals surface area contributed by atoms with E-state index in [1.165, 1.54) is 19.1 Å². The summed E-state index contributed by atoms with van der Waals surface area (Å²) < 4.78 is 45.4. The molecule has 6 aromatic rings. The molecule has 3 aromatic carbocycles. The molecule has 0 radical (unpaired) electrons. The number of likely N-dealkylation sites (tertiary alicyclic amines) is 2. The van der Waals surface area contributed by atoms with Gasteiger partial charge in [-0.25, -0.2) is 19.2 Å². The molecule has 70 heavy (non-hydrogen) atoms. The molecule has 0 bridgehead atoms. The van der Waals surface area contributed by atoms with Crippen molar-refractivity contribution in [3.8, 4) is 51.0 Å². The van der Waals surface area contributed by atoms with Crippen molar-refractivity contribution < 1.29 is 47.6 Å². The minimum Gasteiger partial charge on any atom is -0.497 e. The van der Waals surface area contributed by atoms with Gasteiger partial charge >= 0.3 is 6.09 Å². The predicted molar refractivity (Wildman–Crippen MR) is 257 cm³/mol. The summed E-state index contributed by atoms with van der Waals surface area (Å²) in [6.45, 7) is 7.91. The van der Waals surface area contributed by atoms with E-state index < -0.39 is 43.0 Å². The number of benzene rings is 3. The molecule has 370 valence electrons. The van der Waals surface area contributed by atoms with Crippen LogP contribution in [-0.2, 0) is 19.1 Å². The van der Waals surface area contributed by atoms with E-state index in [9.17, 15) is 19.5 Å². The molecular weight excluding hydrogens is 902 g/mol. The first kappa shape index (κ1) is 48.1. The number of fused-ring (bicyclic) bond motifs is 5. The van der Waals surface area contributed by atoms with Crippen molar-refractivity contribution in [1.82, 2.24) is 44.9 Å². The number of halogens is 1. The van der Waals surface area contributed by atoms with Gasteiger partial charge in [-0.1, -0.05) is 39.8 Å². The highest BCUT2D eigenvalue weighted by Gasteiger charge is 2.42. The number of rotatable bonds is 15. The van der Waals surface area contributed by atoms with Crippen LogP contribution in [0, 0.1) is 11.8 Å². The van der Waals surface area contributed by atoms with Gasteiger partial charge in [0.25, 0.3) is 0 Å². The molecule has 6 heterocycles. The summed E-state index contributed by atoms with van der Waals surface area (Å²) >= 11 is 0. The average Bonchev–Trinajstić information content (AvgIpc) is 4.23. The number of imidazole rings is 2. The van der Waals surface area contributed by atoms with Gasteiger partial charge in [-0.15, -0.1) is 0 Å². The van der Waals surface area contributed by atoms with Gasteiger partial charge in [-0.2, -0.15) is 0 Å². The third-order valence-corrected chi connectivity index (χ3v) is 13.6. The number of aliphatic hydroxyl groups excluding tert-OH is 1. The summed E-state index contributed by atoms with van der Waals surface area (Å²) in [5, 5.41) is 16.6. The fourth-order valence-corrected chi connectivity index (χ4v) is 9.96. The molecule has 3 aromatic heterocycles. The van der Waals surface area contributed by atoms with Gasteiger partial charge in [-0.05, 0) is 67.1 Å². The highest BCUT2D eigenvalue weighted by atomic mass is 19.1. The van der Waals surface area contributed by atoms with Crippen molar-refractivity contribution in [1.29, 1.82) is 0 Å². The lowest BCUT2D eigenvalue weighted by Crippen LogP contribution is -2.53. The minimum absolute atomic E-state index is 0.0807. The zero-order valence-corrected chi connectivity index (χ0v) is 40.5. The Morgan fingerprint density at radius 1 is 0.814 bits per heavy atom. The van der Waals surface area contributed by atoms with Crippen molar-refractivity contribution in [3.05, 3.63) is 90.3 Å². The molecular formula is C51H60FN9O9. The van der Waals surface area contributed by atoms with Crippen LogP contribution < -0.4 is 24.8 Å². The number of carbonyl (C=O) groups is 3. The van der Waals surface area contributed by atoms with Crippen LogP contribution in [0.25, 0.3) is 44.7 Å². The molecule has 3 aliphatic rings. The highest BCUT2D eigenvalue weighted by molar-refractivity contribution is 5.93. The van der Waals surface area contributed by atoms with Crippen molar-refractivity contribution in [2.75, 3.05) is 41.5 Å². The summed E-state index contributed by atoms with van der Waals surface area (Å²) in [4.78, 5) is 59.5. The van der Waals surface area contributed by atoms with E-state index in [0.717, 1.165) is 51.0 Å². The van der Waals surface area contributed by atoms with Crippen LogP contribution in [0.4, 0.5) is 9.18 Å². The summed E-state index contributed by atoms with van der Waals surface area (Å²) in [6.07, 6.45) is 1.14. The average molecular weight is 962 g/mol. The molecule has 19 heteroatoms. The summed E-state index contributed by atoms with van der Waals surface area (Å²) in [7, 11) is 5.82. The van der Waals surface area contributed by atoms with Gasteiger partial charge in [0.1, 0.15) is 41.1 Å². The number of hydrogen-bond acceptors (Lipinski definition) is 12. The van der Waals surface area contributed by atoms with E-state index in [-0.39, 0.29) is 42.7 Å². The highest BCUT2D eigenvalue weighted by Crippen LogP contribution is 2.47. The Morgan fingerprint density at radius 2 is 1.46 bits per heavy atom. The van der Waals surface area contributed by atoms with E-state index in [0.29, 0.717) is 47.6 Å². The maximum Gasteiger partial charge on any atom is 0.407 e. The molecule has 9 rings (SSSR count). The number of aromatic amines is 2. The van der Waals surface area contributed by atoms with Gasteiger partial charge < -0.3 is 58.4 Å². The number of amides is 3. The third-order valence-electron chi connectivity index (χ3n) is 13.6. The van der Waals surface area contributed by atoms with Crippen LogP contribution in [0.3, 0.4) is 0 Å². The van der Waals surface area contributed by atoms with Crippen LogP contribution in [0.5, 0.6) is 17.2 Å². The molecule has 5 N–H and O–H groups in total. The number of nitrogens with one attached hydrogen (secondary N) is 4. The van der Waals surface area contributed by atoms with Gasteiger partial charge in [0.05, 0.1) is 81.0 Å². The number of nitrogens with zero attached hydrogens (tertiary/aromatic N) is 5. The Morgan fingerprint density at radius 3 is 2.10 bits per heavy atom. The zero-order valence-electron chi connectivity index (χ0n) is 40.5. The topological polar surface area (TPSA) is 210 Å². The van der Waals surface area contributed by atoms with Crippen molar-refractivity contribution >= 4 is 28.8 Å². The fraction of sp³-hybridized carbons (Fsp3) is 0.431. The van der Waals surface area contributed by atoms with Gasteiger partial charge in [0.2, 0.25) is 24.5 Å². The quantitative estimate of drug-likeness (QED) is 0.0646.